The van der Waals surface area contributed by atoms with Crippen molar-refractivity contribution in [3.63, 3.8) is 0 Å². The van der Waals surface area contributed by atoms with Gasteiger partial charge >= 0.3 is 0 Å². The molecule has 0 aliphatic heterocycles. The number of azide groups is 1. The van der Waals surface area contributed by atoms with Gasteiger partial charge in [0.2, 0.25) is 0 Å². The smallest absolute Gasteiger partial charge is 0.138 e. The van der Waals surface area contributed by atoms with Crippen molar-refractivity contribution < 1.29 is 4.79 Å². The largest absolute Gasteiger partial charge is 0.299 e. The van der Waals surface area contributed by atoms with Crippen LogP contribution < -0.4 is 0 Å². The Balaban J connectivity index is 3.54. The van der Waals surface area contributed by atoms with Gasteiger partial charge in [-0.2, -0.15) is 0 Å². The minimum Gasteiger partial charge on any atom is -0.299 e. The maximum atomic E-state index is 11.4. The Bertz CT molecular complexity index is 211. The molecule has 4 nitrogen and oxygen atoms in total. The van der Waals surface area contributed by atoms with Crippen LogP contribution in [0.2, 0.25) is 0 Å². The standard InChI is InChI=1S/C9H17N3O/c1-9(2,3)8(13)6-4-5-7-11-12-10/h4-7H2,1-3H3. The molecule has 0 rings (SSSR count). The molecule has 0 aromatic heterocycles. The highest BCUT2D eigenvalue weighted by Gasteiger charge is 2.19. The molecule has 0 fully saturated rings. The van der Waals surface area contributed by atoms with Gasteiger partial charge in [0, 0.05) is 23.3 Å². The third kappa shape index (κ3) is 6.17. The van der Waals surface area contributed by atoms with Crippen LogP contribution in [0.25, 0.3) is 10.4 Å². The van der Waals surface area contributed by atoms with Gasteiger partial charge in [0.05, 0.1) is 0 Å². The van der Waals surface area contributed by atoms with Crippen LogP contribution in [0, 0.1) is 5.41 Å². The third-order valence-electron chi connectivity index (χ3n) is 1.81. The Morgan fingerprint density at radius 1 is 1.38 bits per heavy atom. The van der Waals surface area contributed by atoms with Crippen molar-refractivity contribution in [1.29, 1.82) is 0 Å². The van der Waals surface area contributed by atoms with Gasteiger partial charge in [0.1, 0.15) is 5.78 Å². The number of rotatable bonds is 5. The minimum atomic E-state index is -0.238. The first-order valence-corrected chi connectivity index (χ1v) is 4.52. The van der Waals surface area contributed by atoms with Crippen LogP contribution in [0.1, 0.15) is 40.0 Å². The maximum absolute atomic E-state index is 11.4. The van der Waals surface area contributed by atoms with E-state index in [-0.39, 0.29) is 11.2 Å². The Kier molecular flexibility index (Phi) is 5.16. The molecule has 0 spiro atoms. The number of ketones is 1. The molecule has 74 valence electrons. The normalized spacial score (nSPS) is 10.7. The molecule has 0 amide bonds. The molecule has 13 heavy (non-hydrogen) atoms. The number of Topliss-reactive ketones (excluding diaryl/α,β-unsaturated/α-hetero) is 1. The van der Waals surface area contributed by atoms with Crippen molar-refractivity contribution in [1.82, 2.24) is 0 Å². The summed E-state index contributed by atoms with van der Waals surface area (Å²) in [6, 6.07) is 0. The second-order valence-corrected chi connectivity index (χ2v) is 4.08. The number of hydrogen-bond acceptors (Lipinski definition) is 2. The van der Waals surface area contributed by atoms with Gasteiger partial charge in [-0.3, -0.25) is 4.79 Å². The van der Waals surface area contributed by atoms with Crippen molar-refractivity contribution in [3.05, 3.63) is 10.4 Å². The first kappa shape index (κ1) is 12.0. The van der Waals surface area contributed by atoms with E-state index in [1.54, 1.807) is 0 Å². The molecule has 0 N–H and O–H groups in total. The summed E-state index contributed by atoms with van der Waals surface area (Å²) in [7, 11) is 0. The maximum Gasteiger partial charge on any atom is 0.138 e. The Morgan fingerprint density at radius 3 is 2.46 bits per heavy atom. The Morgan fingerprint density at radius 2 is 2.00 bits per heavy atom. The molecule has 0 aliphatic carbocycles. The molecule has 0 aromatic carbocycles. The summed E-state index contributed by atoms with van der Waals surface area (Å²) >= 11 is 0. The fourth-order valence-corrected chi connectivity index (χ4v) is 0.888. The minimum absolute atomic E-state index is 0.238. The van der Waals surface area contributed by atoms with Gasteiger partial charge in [-0.25, -0.2) is 0 Å². The van der Waals surface area contributed by atoms with E-state index in [1.807, 2.05) is 20.8 Å². The molecule has 0 radical (unpaired) electrons. The van der Waals surface area contributed by atoms with E-state index < -0.39 is 0 Å². The highest BCUT2D eigenvalue weighted by molar-refractivity contribution is 5.83. The average Bonchev–Trinajstić information content (AvgIpc) is 2.02. The van der Waals surface area contributed by atoms with Crippen LogP contribution in [0.4, 0.5) is 0 Å². The second-order valence-electron chi connectivity index (χ2n) is 4.08. The van der Waals surface area contributed by atoms with E-state index >= 15 is 0 Å². The number of carbonyl (C=O) groups is 1. The molecule has 4 heteroatoms. The molecule has 0 unspecified atom stereocenters. The lowest BCUT2D eigenvalue weighted by atomic mass is 9.88. The average molecular weight is 183 g/mol. The summed E-state index contributed by atoms with van der Waals surface area (Å²) in [5.74, 6) is 0.272. The van der Waals surface area contributed by atoms with Crippen LogP contribution in [-0.2, 0) is 4.79 Å². The molecular weight excluding hydrogens is 166 g/mol. The summed E-state index contributed by atoms with van der Waals surface area (Å²) in [5.41, 5.74) is 7.76. The number of carbonyl (C=O) groups excluding carboxylic acids is 1. The summed E-state index contributed by atoms with van der Waals surface area (Å²) in [5, 5.41) is 3.40. The Labute approximate surface area is 79.0 Å². The van der Waals surface area contributed by atoms with Crippen molar-refractivity contribution in [3.8, 4) is 0 Å². The van der Waals surface area contributed by atoms with Gasteiger partial charge in [-0.15, -0.1) is 0 Å². The van der Waals surface area contributed by atoms with Crippen molar-refractivity contribution in [2.75, 3.05) is 6.54 Å². The summed E-state index contributed by atoms with van der Waals surface area (Å²) in [6.45, 7) is 6.25. The van der Waals surface area contributed by atoms with Crippen molar-refractivity contribution in [2.24, 2.45) is 10.5 Å². The van der Waals surface area contributed by atoms with Crippen LogP contribution >= 0.6 is 0 Å². The van der Waals surface area contributed by atoms with Gasteiger partial charge in [-0.1, -0.05) is 25.9 Å². The zero-order valence-electron chi connectivity index (χ0n) is 8.58. The summed E-state index contributed by atoms with van der Waals surface area (Å²) < 4.78 is 0. The van der Waals surface area contributed by atoms with E-state index in [0.29, 0.717) is 13.0 Å². The van der Waals surface area contributed by atoms with Gasteiger partial charge in [0.15, 0.2) is 0 Å². The monoisotopic (exact) mass is 183 g/mol. The topological polar surface area (TPSA) is 65.8 Å². The summed E-state index contributed by atoms with van der Waals surface area (Å²) in [6.07, 6.45) is 2.20. The summed E-state index contributed by atoms with van der Waals surface area (Å²) in [4.78, 5) is 14.0. The van der Waals surface area contributed by atoms with Crippen LogP contribution in [-0.4, -0.2) is 12.3 Å². The van der Waals surface area contributed by atoms with Gasteiger partial charge in [-0.05, 0) is 18.4 Å². The molecule has 0 heterocycles. The highest BCUT2D eigenvalue weighted by atomic mass is 16.1. The van der Waals surface area contributed by atoms with Crippen molar-refractivity contribution in [2.45, 2.75) is 40.0 Å². The third-order valence-corrected chi connectivity index (χ3v) is 1.81. The number of nitrogens with zero attached hydrogens (tertiary/aromatic N) is 3. The predicted molar refractivity (Wildman–Crippen MR) is 52.3 cm³/mol. The molecule has 0 bridgehead atoms. The number of unbranched alkanes of at least 4 members (excludes halogenated alkanes) is 1. The lowest BCUT2D eigenvalue weighted by Gasteiger charge is -2.15. The van der Waals surface area contributed by atoms with Gasteiger partial charge in [0.25, 0.3) is 0 Å². The van der Waals surface area contributed by atoms with Gasteiger partial charge < -0.3 is 0 Å². The van der Waals surface area contributed by atoms with E-state index in [4.69, 9.17) is 5.53 Å². The fourth-order valence-electron chi connectivity index (χ4n) is 0.888. The van der Waals surface area contributed by atoms with E-state index in [2.05, 4.69) is 10.0 Å². The predicted octanol–water partition coefficient (Wildman–Crippen LogP) is 3.08. The molecular formula is C9H17N3O. The fraction of sp³-hybridized carbons (Fsp3) is 0.889. The molecule has 0 saturated carbocycles. The van der Waals surface area contributed by atoms with Crippen LogP contribution in [0.15, 0.2) is 5.11 Å². The highest BCUT2D eigenvalue weighted by Crippen LogP contribution is 2.18. The SMILES string of the molecule is CC(C)(C)C(=O)CCCCN=[N+]=[N-]. The molecule has 0 aromatic rings. The van der Waals surface area contributed by atoms with E-state index in [0.717, 1.165) is 12.8 Å². The van der Waals surface area contributed by atoms with Crippen molar-refractivity contribution >= 4 is 5.78 Å². The molecule has 0 saturated heterocycles. The van der Waals surface area contributed by atoms with Crippen LogP contribution in [0.3, 0.4) is 0 Å². The van der Waals surface area contributed by atoms with E-state index in [9.17, 15) is 4.79 Å². The zero-order valence-corrected chi connectivity index (χ0v) is 8.58. The first-order valence-electron chi connectivity index (χ1n) is 4.52. The Hall–Kier alpha value is -1.02. The first-order chi connectivity index (χ1) is 5.98. The quantitative estimate of drug-likeness (QED) is 0.279. The van der Waals surface area contributed by atoms with E-state index in [1.165, 1.54) is 0 Å². The zero-order chi connectivity index (χ0) is 10.3. The second kappa shape index (κ2) is 5.60. The molecule has 0 aliphatic rings. The number of hydrogen-bond donors (Lipinski definition) is 0. The lowest BCUT2D eigenvalue weighted by molar-refractivity contribution is -0.126. The van der Waals surface area contributed by atoms with Crippen LogP contribution in [0.5, 0.6) is 0 Å². The lowest BCUT2D eigenvalue weighted by Crippen LogP contribution is -2.19. The molecule has 0 atom stereocenters.